The zero-order chi connectivity index (χ0) is 18.6. The minimum absolute atomic E-state index is 0.107. The number of halogens is 3. The van der Waals surface area contributed by atoms with Crippen LogP contribution in [-0.2, 0) is 20.3 Å². The number of anilines is 1. The maximum absolute atomic E-state index is 13.1. The molecular formula is C14H10F3N7OS. The van der Waals surface area contributed by atoms with Gasteiger partial charge in [-0.15, -0.1) is 11.3 Å². The second-order valence-corrected chi connectivity index (χ2v) is 6.51. The fourth-order valence-electron chi connectivity index (χ4n) is 2.59. The molecule has 0 aromatic carbocycles. The van der Waals surface area contributed by atoms with Crippen molar-refractivity contribution in [2.45, 2.75) is 6.18 Å². The van der Waals surface area contributed by atoms with Crippen molar-refractivity contribution in [3.05, 3.63) is 29.2 Å². The number of hydrogen-bond donors (Lipinski definition) is 1. The number of amides is 1. The molecule has 0 aliphatic heterocycles. The molecule has 0 fully saturated rings. The topological polar surface area (TPSA) is 90.5 Å². The third kappa shape index (κ3) is 2.49. The monoisotopic (exact) mass is 381 g/mol. The van der Waals surface area contributed by atoms with Gasteiger partial charge in [-0.25, -0.2) is 9.97 Å². The van der Waals surface area contributed by atoms with Crippen LogP contribution < -0.4 is 5.32 Å². The lowest BCUT2D eigenvalue weighted by atomic mass is 10.2. The summed E-state index contributed by atoms with van der Waals surface area (Å²) in [6.07, 6.45) is -1.82. The molecule has 1 amide bonds. The van der Waals surface area contributed by atoms with E-state index in [4.69, 9.17) is 0 Å². The van der Waals surface area contributed by atoms with Gasteiger partial charge in [0.2, 0.25) is 0 Å². The van der Waals surface area contributed by atoms with Crippen LogP contribution in [0.5, 0.6) is 0 Å². The van der Waals surface area contributed by atoms with Crippen molar-refractivity contribution in [1.82, 2.24) is 29.5 Å². The number of carbonyl (C=O) groups is 1. The Morgan fingerprint density at radius 3 is 2.69 bits per heavy atom. The molecule has 26 heavy (non-hydrogen) atoms. The molecule has 4 heterocycles. The van der Waals surface area contributed by atoms with E-state index in [0.717, 1.165) is 16.0 Å². The Morgan fingerprint density at radius 2 is 1.96 bits per heavy atom. The van der Waals surface area contributed by atoms with Crippen molar-refractivity contribution in [2.75, 3.05) is 5.32 Å². The van der Waals surface area contributed by atoms with Crippen LogP contribution in [0.15, 0.2) is 18.6 Å². The quantitative estimate of drug-likeness (QED) is 0.576. The molecule has 134 valence electrons. The lowest BCUT2D eigenvalue weighted by Crippen LogP contribution is -2.12. The van der Waals surface area contributed by atoms with Crippen molar-refractivity contribution in [2.24, 2.45) is 14.1 Å². The van der Waals surface area contributed by atoms with Crippen LogP contribution in [0.2, 0.25) is 0 Å². The summed E-state index contributed by atoms with van der Waals surface area (Å²) >= 11 is 0.923. The lowest BCUT2D eigenvalue weighted by Gasteiger charge is -2.04. The van der Waals surface area contributed by atoms with Crippen LogP contribution in [0, 0.1) is 0 Å². The molecule has 8 nitrogen and oxygen atoms in total. The molecule has 4 aromatic heterocycles. The minimum atomic E-state index is -4.59. The molecule has 0 saturated carbocycles. The molecule has 12 heteroatoms. The SMILES string of the molecule is Cn1ncc2c(NC(=O)c3cc4c(C(F)(F)F)nn(C)c4s3)ncnc21. The first kappa shape index (κ1) is 16.4. The van der Waals surface area contributed by atoms with Gasteiger partial charge in [0.05, 0.1) is 16.5 Å². The number of nitrogens with one attached hydrogen (secondary N) is 1. The number of thiophene rings is 1. The number of carbonyl (C=O) groups excluding carboxylic acids is 1. The number of aromatic nitrogens is 6. The summed E-state index contributed by atoms with van der Waals surface area (Å²) in [4.78, 5) is 21.0. The molecular weight excluding hydrogens is 371 g/mol. The zero-order valence-corrected chi connectivity index (χ0v) is 14.2. The predicted molar refractivity (Wildman–Crippen MR) is 87.9 cm³/mol. The van der Waals surface area contributed by atoms with E-state index >= 15 is 0 Å². The summed E-state index contributed by atoms with van der Waals surface area (Å²) in [6, 6.07) is 1.19. The Balaban J connectivity index is 1.72. The van der Waals surface area contributed by atoms with Gasteiger partial charge < -0.3 is 5.32 Å². The van der Waals surface area contributed by atoms with Gasteiger partial charge in [0.1, 0.15) is 17.0 Å². The lowest BCUT2D eigenvalue weighted by molar-refractivity contribution is -0.140. The van der Waals surface area contributed by atoms with Gasteiger partial charge in [-0.3, -0.25) is 14.2 Å². The molecule has 0 aliphatic rings. The van der Waals surface area contributed by atoms with Crippen LogP contribution in [0.1, 0.15) is 15.4 Å². The van der Waals surface area contributed by atoms with Gasteiger partial charge in [-0.2, -0.15) is 23.4 Å². The van der Waals surface area contributed by atoms with Crippen molar-refractivity contribution >= 4 is 44.3 Å². The average molecular weight is 381 g/mol. The van der Waals surface area contributed by atoms with Gasteiger partial charge in [0, 0.05) is 19.5 Å². The van der Waals surface area contributed by atoms with Crippen LogP contribution in [0.25, 0.3) is 21.3 Å². The highest BCUT2D eigenvalue weighted by atomic mass is 32.1. The normalized spacial score (nSPS) is 12.2. The highest BCUT2D eigenvalue weighted by molar-refractivity contribution is 7.20. The number of hydrogen-bond acceptors (Lipinski definition) is 6. The van der Waals surface area contributed by atoms with Gasteiger partial charge in [0.15, 0.2) is 11.3 Å². The van der Waals surface area contributed by atoms with Crippen molar-refractivity contribution in [1.29, 1.82) is 0 Å². The fraction of sp³-hybridized carbons (Fsp3) is 0.214. The molecule has 0 aliphatic carbocycles. The van der Waals surface area contributed by atoms with E-state index in [0.29, 0.717) is 11.0 Å². The van der Waals surface area contributed by atoms with Gasteiger partial charge in [0.25, 0.3) is 5.91 Å². The van der Waals surface area contributed by atoms with E-state index in [1.807, 2.05) is 0 Å². The summed E-state index contributed by atoms with van der Waals surface area (Å²) in [5.74, 6) is -0.331. The van der Waals surface area contributed by atoms with Crippen LogP contribution in [-0.4, -0.2) is 35.4 Å². The summed E-state index contributed by atoms with van der Waals surface area (Å²) in [7, 11) is 3.10. The van der Waals surface area contributed by atoms with Crippen LogP contribution in [0.3, 0.4) is 0 Å². The maximum atomic E-state index is 13.1. The minimum Gasteiger partial charge on any atom is -0.305 e. The Hall–Kier alpha value is -3.02. The van der Waals surface area contributed by atoms with Crippen molar-refractivity contribution < 1.29 is 18.0 Å². The average Bonchev–Trinajstić information content (AvgIpc) is 3.23. The fourth-order valence-corrected chi connectivity index (χ4v) is 3.56. The van der Waals surface area contributed by atoms with Gasteiger partial charge in [-0.1, -0.05) is 0 Å². The van der Waals surface area contributed by atoms with E-state index in [1.54, 1.807) is 7.05 Å². The zero-order valence-electron chi connectivity index (χ0n) is 13.4. The van der Waals surface area contributed by atoms with E-state index in [-0.39, 0.29) is 20.9 Å². The standard InChI is InChI=1S/C14H10F3N7OS/c1-23-11-7(4-20-23)10(18-5-19-11)21-12(25)8-3-6-9(14(15,16)17)22-24(2)13(6)26-8/h3-5H,1-2H3,(H,18,19,21,25). The van der Waals surface area contributed by atoms with Gasteiger partial charge in [-0.05, 0) is 6.07 Å². The highest BCUT2D eigenvalue weighted by Gasteiger charge is 2.37. The summed E-state index contributed by atoms with van der Waals surface area (Å²) in [6.45, 7) is 0. The molecule has 0 atom stereocenters. The second kappa shape index (κ2) is 5.49. The Morgan fingerprint density at radius 1 is 1.19 bits per heavy atom. The Kier molecular flexibility index (Phi) is 3.47. The van der Waals surface area contributed by atoms with Crippen molar-refractivity contribution in [3.8, 4) is 0 Å². The van der Waals surface area contributed by atoms with E-state index in [9.17, 15) is 18.0 Å². The van der Waals surface area contributed by atoms with Crippen LogP contribution >= 0.6 is 11.3 Å². The molecule has 0 unspecified atom stereocenters. The number of rotatable bonds is 2. The first-order valence-corrected chi connectivity index (χ1v) is 8.05. The number of fused-ring (bicyclic) bond motifs is 2. The maximum Gasteiger partial charge on any atom is 0.435 e. The van der Waals surface area contributed by atoms with E-state index in [1.165, 1.54) is 30.3 Å². The number of alkyl halides is 3. The molecule has 4 aromatic rings. The first-order chi connectivity index (χ1) is 12.3. The summed E-state index contributed by atoms with van der Waals surface area (Å²) in [5.41, 5.74) is -0.489. The van der Waals surface area contributed by atoms with E-state index in [2.05, 4.69) is 25.5 Å². The van der Waals surface area contributed by atoms with Gasteiger partial charge >= 0.3 is 6.18 Å². The smallest absolute Gasteiger partial charge is 0.305 e. The van der Waals surface area contributed by atoms with Crippen molar-refractivity contribution in [3.63, 3.8) is 0 Å². The molecule has 0 bridgehead atoms. The molecule has 0 radical (unpaired) electrons. The Bertz CT molecular complexity index is 1160. The Labute approximate surface area is 147 Å². The van der Waals surface area contributed by atoms with Crippen LogP contribution in [0.4, 0.5) is 19.0 Å². The molecule has 1 N–H and O–H groups in total. The molecule has 4 rings (SSSR count). The molecule has 0 saturated heterocycles. The highest BCUT2D eigenvalue weighted by Crippen LogP contribution is 2.37. The second-order valence-electron chi connectivity index (χ2n) is 5.48. The summed E-state index contributed by atoms with van der Waals surface area (Å²) in [5, 5.41) is 10.6. The first-order valence-electron chi connectivity index (χ1n) is 7.23. The summed E-state index contributed by atoms with van der Waals surface area (Å²) < 4.78 is 41.8. The van der Waals surface area contributed by atoms with E-state index < -0.39 is 17.8 Å². The molecule has 0 spiro atoms. The third-order valence-corrected chi connectivity index (χ3v) is 4.97. The third-order valence-electron chi connectivity index (χ3n) is 3.77. The number of aryl methyl sites for hydroxylation is 2. The predicted octanol–water partition coefficient (Wildman–Crippen LogP) is 2.58. The number of nitrogens with zero attached hydrogens (tertiary/aromatic N) is 6. The largest absolute Gasteiger partial charge is 0.435 e.